The summed E-state index contributed by atoms with van der Waals surface area (Å²) in [5.41, 5.74) is 1.07. The molecule has 1 saturated carbocycles. The first kappa shape index (κ1) is 14.7. The quantitative estimate of drug-likeness (QED) is 0.780. The topological polar surface area (TPSA) is 21.3 Å². The predicted octanol–water partition coefficient (Wildman–Crippen LogP) is 4.41. The highest BCUT2D eigenvalue weighted by molar-refractivity contribution is 6.31. The van der Waals surface area contributed by atoms with E-state index < -0.39 is 0 Å². The van der Waals surface area contributed by atoms with Crippen LogP contribution < -0.4 is 10.1 Å². The Kier molecular flexibility index (Phi) is 5.99. The first-order valence-corrected chi connectivity index (χ1v) is 7.71. The minimum Gasteiger partial charge on any atom is -0.496 e. The van der Waals surface area contributed by atoms with Crippen molar-refractivity contribution in [3.63, 3.8) is 0 Å². The van der Waals surface area contributed by atoms with Gasteiger partial charge in [-0.2, -0.15) is 0 Å². The summed E-state index contributed by atoms with van der Waals surface area (Å²) in [6, 6.07) is 5.80. The van der Waals surface area contributed by atoms with Crippen molar-refractivity contribution in [2.75, 3.05) is 13.7 Å². The van der Waals surface area contributed by atoms with E-state index in [2.05, 4.69) is 5.32 Å². The maximum absolute atomic E-state index is 6.22. The summed E-state index contributed by atoms with van der Waals surface area (Å²) in [7, 11) is 1.69. The van der Waals surface area contributed by atoms with Gasteiger partial charge in [0.1, 0.15) is 5.75 Å². The van der Waals surface area contributed by atoms with Crippen LogP contribution in [-0.2, 0) is 6.54 Å². The number of nitrogens with one attached hydrogen (secondary N) is 1. The third kappa shape index (κ3) is 4.39. The first-order valence-electron chi connectivity index (χ1n) is 7.33. The average Bonchev–Trinajstić information content (AvgIpc) is 2.46. The average molecular weight is 282 g/mol. The van der Waals surface area contributed by atoms with Gasteiger partial charge < -0.3 is 10.1 Å². The van der Waals surface area contributed by atoms with Crippen molar-refractivity contribution in [2.24, 2.45) is 5.92 Å². The summed E-state index contributed by atoms with van der Waals surface area (Å²) in [6.07, 6.45) is 8.38. The van der Waals surface area contributed by atoms with Gasteiger partial charge in [0.15, 0.2) is 0 Å². The number of ether oxygens (including phenoxy) is 1. The molecule has 0 aliphatic heterocycles. The standard InChI is InChI=1S/C16H24ClNO/c1-19-16-9-5-8-15(17)14(16)12-18-11-10-13-6-3-2-4-7-13/h5,8-9,13,18H,2-4,6-7,10-12H2,1H3. The van der Waals surface area contributed by atoms with Gasteiger partial charge in [0.25, 0.3) is 0 Å². The van der Waals surface area contributed by atoms with E-state index in [1.807, 2.05) is 18.2 Å². The van der Waals surface area contributed by atoms with Gasteiger partial charge >= 0.3 is 0 Å². The lowest BCUT2D eigenvalue weighted by Crippen LogP contribution is -2.19. The molecule has 0 heterocycles. The summed E-state index contributed by atoms with van der Waals surface area (Å²) in [5, 5.41) is 4.28. The minimum absolute atomic E-state index is 0.782. The molecule has 0 bridgehead atoms. The summed E-state index contributed by atoms with van der Waals surface area (Å²) < 4.78 is 5.35. The molecule has 0 unspecified atom stereocenters. The zero-order valence-corrected chi connectivity index (χ0v) is 12.5. The van der Waals surface area contributed by atoms with E-state index in [9.17, 15) is 0 Å². The number of hydrogen-bond acceptors (Lipinski definition) is 2. The monoisotopic (exact) mass is 281 g/mol. The maximum atomic E-state index is 6.22. The fourth-order valence-electron chi connectivity index (χ4n) is 2.90. The number of halogens is 1. The number of hydrogen-bond donors (Lipinski definition) is 1. The third-order valence-corrected chi connectivity index (χ3v) is 4.41. The zero-order valence-electron chi connectivity index (χ0n) is 11.8. The zero-order chi connectivity index (χ0) is 13.5. The van der Waals surface area contributed by atoms with Crippen LogP contribution in [0.15, 0.2) is 18.2 Å². The van der Waals surface area contributed by atoms with Crippen molar-refractivity contribution in [1.82, 2.24) is 5.32 Å². The van der Waals surface area contributed by atoms with Gasteiger partial charge in [-0.25, -0.2) is 0 Å². The molecule has 0 saturated heterocycles. The third-order valence-electron chi connectivity index (χ3n) is 4.05. The Morgan fingerprint density at radius 2 is 2.05 bits per heavy atom. The van der Waals surface area contributed by atoms with Crippen molar-refractivity contribution < 1.29 is 4.74 Å². The largest absolute Gasteiger partial charge is 0.496 e. The number of benzene rings is 1. The lowest BCUT2D eigenvalue weighted by atomic mass is 9.87. The van der Waals surface area contributed by atoms with Crippen LogP contribution in [0, 0.1) is 5.92 Å². The summed E-state index contributed by atoms with van der Waals surface area (Å²) in [5.74, 6) is 1.80. The van der Waals surface area contributed by atoms with Crippen LogP contribution in [0.4, 0.5) is 0 Å². The molecule has 0 aromatic heterocycles. The molecule has 1 aromatic carbocycles. The molecule has 0 amide bonds. The Labute approximate surface area is 121 Å². The molecular weight excluding hydrogens is 258 g/mol. The van der Waals surface area contributed by atoms with Crippen LogP contribution in [0.3, 0.4) is 0 Å². The molecule has 1 aliphatic carbocycles. The molecule has 0 radical (unpaired) electrons. The van der Waals surface area contributed by atoms with E-state index in [1.54, 1.807) is 7.11 Å². The maximum Gasteiger partial charge on any atom is 0.124 e. The van der Waals surface area contributed by atoms with Crippen molar-refractivity contribution in [1.29, 1.82) is 0 Å². The Bertz CT molecular complexity index is 388. The summed E-state index contributed by atoms with van der Waals surface area (Å²) in [4.78, 5) is 0. The summed E-state index contributed by atoms with van der Waals surface area (Å²) in [6.45, 7) is 1.86. The molecule has 0 atom stereocenters. The second kappa shape index (κ2) is 7.76. The van der Waals surface area contributed by atoms with E-state index in [0.717, 1.165) is 35.3 Å². The lowest BCUT2D eigenvalue weighted by Gasteiger charge is -2.21. The normalized spacial score (nSPS) is 16.5. The van der Waals surface area contributed by atoms with Crippen LogP contribution in [0.5, 0.6) is 5.75 Å². The Balaban J connectivity index is 1.76. The SMILES string of the molecule is COc1cccc(Cl)c1CNCCC1CCCCC1. The minimum atomic E-state index is 0.782. The van der Waals surface area contributed by atoms with Crippen molar-refractivity contribution in [3.05, 3.63) is 28.8 Å². The van der Waals surface area contributed by atoms with E-state index in [0.29, 0.717) is 0 Å². The molecule has 19 heavy (non-hydrogen) atoms. The smallest absolute Gasteiger partial charge is 0.124 e. The predicted molar refractivity (Wildman–Crippen MR) is 80.9 cm³/mol. The second-order valence-corrected chi connectivity index (χ2v) is 5.80. The number of methoxy groups -OCH3 is 1. The highest BCUT2D eigenvalue weighted by atomic mass is 35.5. The molecule has 0 spiro atoms. The van der Waals surface area contributed by atoms with Crippen LogP contribution in [0.25, 0.3) is 0 Å². The molecule has 1 aliphatic rings. The van der Waals surface area contributed by atoms with Crippen molar-refractivity contribution >= 4 is 11.6 Å². The highest BCUT2D eigenvalue weighted by Crippen LogP contribution is 2.27. The van der Waals surface area contributed by atoms with E-state index in [-0.39, 0.29) is 0 Å². The van der Waals surface area contributed by atoms with Gasteiger partial charge in [0, 0.05) is 17.1 Å². The van der Waals surface area contributed by atoms with E-state index in [1.165, 1.54) is 38.5 Å². The first-order chi connectivity index (χ1) is 9.31. The van der Waals surface area contributed by atoms with E-state index in [4.69, 9.17) is 16.3 Å². The van der Waals surface area contributed by atoms with Crippen LogP contribution in [0.2, 0.25) is 5.02 Å². The fraction of sp³-hybridized carbons (Fsp3) is 0.625. The van der Waals surface area contributed by atoms with Crippen LogP contribution in [-0.4, -0.2) is 13.7 Å². The van der Waals surface area contributed by atoms with Gasteiger partial charge in [-0.15, -0.1) is 0 Å². The molecule has 1 N–H and O–H groups in total. The van der Waals surface area contributed by atoms with Crippen LogP contribution in [0.1, 0.15) is 44.1 Å². The van der Waals surface area contributed by atoms with E-state index >= 15 is 0 Å². The molecule has 2 nitrogen and oxygen atoms in total. The molecule has 106 valence electrons. The molecule has 1 aromatic rings. The lowest BCUT2D eigenvalue weighted by molar-refractivity contribution is 0.333. The van der Waals surface area contributed by atoms with Gasteiger partial charge in [-0.05, 0) is 31.0 Å². The van der Waals surface area contributed by atoms with Gasteiger partial charge in [0.05, 0.1) is 7.11 Å². The number of rotatable bonds is 6. The van der Waals surface area contributed by atoms with Crippen molar-refractivity contribution in [2.45, 2.75) is 45.1 Å². The second-order valence-electron chi connectivity index (χ2n) is 5.39. The highest BCUT2D eigenvalue weighted by Gasteiger charge is 2.13. The Morgan fingerprint density at radius 1 is 1.26 bits per heavy atom. The van der Waals surface area contributed by atoms with Crippen molar-refractivity contribution in [3.8, 4) is 5.75 Å². The molecular formula is C16H24ClNO. The Hall–Kier alpha value is -0.730. The Morgan fingerprint density at radius 3 is 2.79 bits per heavy atom. The molecule has 1 fully saturated rings. The van der Waals surface area contributed by atoms with Gasteiger partial charge in [0.2, 0.25) is 0 Å². The molecule has 3 heteroatoms. The summed E-state index contributed by atoms with van der Waals surface area (Å²) >= 11 is 6.22. The fourth-order valence-corrected chi connectivity index (χ4v) is 3.13. The van der Waals surface area contributed by atoms with Gasteiger partial charge in [-0.3, -0.25) is 0 Å². The van der Waals surface area contributed by atoms with Crippen LogP contribution >= 0.6 is 11.6 Å². The van der Waals surface area contributed by atoms with Gasteiger partial charge in [-0.1, -0.05) is 49.8 Å². The molecule has 2 rings (SSSR count).